The highest BCUT2D eigenvalue weighted by atomic mass is 79.9. The number of amides is 2. The number of para-hydroxylation sites is 1. The Labute approximate surface area is 239 Å². The molecule has 3 aromatic rings. The van der Waals surface area contributed by atoms with Crippen molar-refractivity contribution in [2.24, 2.45) is 0 Å². The third kappa shape index (κ3) is 8.06. The summed E-state index contributed by atoms with van der Waals surface area (Å²) in [5.41, 5.74) is 1.15. The first-order chi connectivity index (χ1) is 18.7. The van der Waals surface area contributed by atoms with Crippen molar-refractivity contribution < 1.29 is 22.7 Å². The average molecular weight is 617 g/mol. The van der Waals surface area contributed by atoms with Crippen molar-refractivity contribution in [3.63, 3.8) is 0 Å². The van der Waals surface area contributed by atoms with Crippen molar-refractivity contribution in [2.75, 3.05) is 24.5 Å². The third-order valence-electron chi connectivity index (χ3n) is 6.23. The van der Waals surface area contributed by atoms with Crippen LogP contribution in [0.1, 0.15) is 32.3 Å². The molecule has 0 saturated carbocycles. The first kappa shape index (κ1) is 30.2. The quantitative estimate of drug-likeness (QED) is 0.273. The lowest BCUT2D eigenvalue weighted by Gasteiger charge is -2.32. The number of hydrogen-bond donors (Lipinski definition) is 1. The number of hydrogen-bond acceptors (Lipinski definition) is 5. The van der Waals surface area contributed by atoms with Gasteiger partial charge in [-0.25, -0.2) is 8.42 Å². The van der Waals surface area contributed by atoms with Crippen molar-refractivity contribution >= 4 is 43.5 Å². The van der Waals surface area contributed by atoms with Gasteiger partial charge in [0.1, 0.15) is 18.3 Å². The van der Waals surface area contributed by atoms with Crippen LogP contribution in [0.2, 0.25) is 0 Å². The molecule has 8 nitrogen and oxygen atoms in total. The fraction of sp³-hybridized carbons (Fsp3) is 0.310. The Kier molecular flexibility index (Phi) is 10.9. The Balaban J connectivity index is 1.96. The Hall–Kier alpha value is -3.37. The maximum atomic E-state index is 13.9. The van der Waals surface area contributed by atoms with Gasteiger partial charge in [0.2, 0.25) is 11.8 Å². The van der Waals surface area contributed by atoms with E-state index in [-0.39, 0.29) is 17.3 Å². The van der Waals surface area contributed by atoms with Gasteiger partial charge in [-0.2, -0.15) is 0 Å². The van der Waals surface area contributed by atoms with Crippen LogP contribution in [-0.4, -0.2) is 51.4 Å². The highest BCUT2D eigenvalue weighted by Crippen LogP contribution is 2.26. The van der Waals surface area contributed by atoms with E-state index < -0.39 is 28.5 Å². The molecular formula is C29H34BrN3O5S. The molecule has 0 bridgehead atoms. The molecule has 0 unspecified atom stereocenters. The number of carbonyl (C=O) groups is 2. The molecule has 0 aliphatic heterocycles. The average Bonchev–Trinajstić information content (AvgIpc) is 2.95. The maximum Gasteiger partial charge on any atom is 0.264 e. The van der Waals surface area contributed by atoms with E-state index in [0.717, 1.165) is 27.2 Å². The molecule has 0 spiro atoms. The molecule has 0 heterocycles. The lowest BCUT2D eigenvalue weighted by atomic mass is 10.1. The first-order valence-electron chi connectivity index (χ1n) is 12.7. The van der Waals surface area contributed by atoms with E-state index in [1.165, 1.54) is 24.1 Å². The van der Waals surface area contributed by atoms with Gasteiger partial charge in [-0.1, -0.05) is 59.6 Å². The van der Waals surface area contributed by atoms with Gasteiger partial charge in [-0.15, -0.1) is 0 Å². The van der Waals surface area contributed by atoms with Gasteiger partial charge >= 0.3 is 0 Å². The third-order valence-corrected chi connectivity index (χ3v) is 8.55. The lowest BCUT2D eigenvalue weighted by molar-refractivity contribution is -0.139. The molecule has 0 fully saturated rings. The van der Waals surface area contributed by atoms with Gasteiger partial charge in [0.15, 0.2) is 0 Å². The molecule has 39 heavy (non-hydrogen) atoms. The number of nitrogens with zero attached hydrogens (tertiary/aromatic N) is 2. The second-order valence-corrected chi connectivity index (χ2v) is 11.8. The number of benzene rings is 3. The predicted octanol–water partition coefficient (Wildman–Crippen LogP) is 4.99. The number of halogens is 1. The van der Waals surface area contributed by atoms with Crippen molar-refractivity contribution in [3.05, 3.63) is 88.9 Å². The monoisotopic (exact) mass is 615 g/mol. The summed E-state index contributed by atoms with van der Waals surface area (Å²) >= 11 is 3.41. The van der Waals surface area contributed by atoms with E-state index in [9.17, 15) is 18.0 Å². The zero-order valence-corrected chi connectivity index (χ0v) is 24.7. The number of ether oxygens (including phenoxy) is 1. The van der Waals surface area contributed by atoms with Crippen molar-refractivity contribution in [1.29, 1.82) is 0 Å². The molecule has 3 rings (SSSR count). The number of anilines is 1. The van der Waals surface area contributed by atoms with Crippen LogP contribution in [0.5, 0.6) is 5.75 Å². The van der Waals surface area contributed by atoms with Gasteiger partial charge in [0.25, 0.3) is 10.0 Å². The normalized spacial score (nSPS) is 11.9. The summed E-state index contributed by atoms with van der Waals surface area (Å²) in [5.74, 6) is -0.282. The smallest absolute Gasteiger partial charge is 0.264 e. The Morgan fingerprint density at radius 3 is 2.21 bits per heavy atom. The molecule has 10 heteroatoms. The lowest BCUT2D eigenvalue weighted by Crippen LogP contribution is -2.51. The molecule has 208 valence electrons. The molecule has 1 atom stereocenters. The van der Waals surface area contributed by atoms with Gasteiger partial charge in [0.05, 0.1) is 17.7 Å². The molecule has 2 amide bonds. The molecule has 3 aromatic carbocycles. The molecule has 1 N–H and O–H groups in total. The van der Waals surface area contributed by atoms with Crippen LogP contribution in [0.25, 0.3) is 0 Å². The van der Waals surface area contributed by atoms with Crippen LogP contribution in [0, 0.1) is 0 Å². The minimum atomic E-state index is -4.13. The van der Waals surface area contributed by atoms with Gasteiger partial charge in [-0.3, -0.25) is 13.9 Å². The number of carbonyl (C=O) groups excluding carboxylic acids is 2. The minimum Gasteiger partial charge on any atom is -0.497 e. The van der Waals surface area contributed by atoms with Gasteiger partial charge < -0.3 is 15.0 Å². The highest BCUT2D eigenvalue weighted by molar-refractivity contribution is 9.10. The Morgan fingerprint density at radius 1 is 0.974 bits per heavy atom. The van der Waals surface area contributed by atoms with E-state index in [2.05, 4.69) is 21.2 Å². The fourth-order valence-electron chi connectivity index (χ4n) is 3.90. The Bertz CT molecular complexity index is 1330. The zero-order valence-electron chi connectivity index (χ0n) is 22.3. The van der Waals surface area contributed by atoms with Crippen LogP contribution < -0.4 is 14.4 Å². The largest absolute Gasteiger partial charge is 0.497 e. The van der Waals surface area contributed by atoms with Gasteiger partial charge in [0, 0.05) is 17.6 Å². The molecule has 0 radical (unpaired) electrons. The number of nitrogens with one attached hydrogen (secondary N) is 1. The van der Waals surface area contributed by atoms with Crippen LogP contribution >= 0.6 is 15.9 Å². The number of methoxy groups -OCH3 is 1. The maximum absolute atomic E-state index is 13.9. The standard InChI is InChI=1S/C29H34BrN3O5S/c1-4-5-19-31-29(35)22(2)32(20-23-11-13-24(30)14-12-23)28(34)21-33(25-9-7-6-8-10-25)39(36,37)27-17-15-26(38-3)16-18-27/h6-18,22H,4-5,19-21H2,1-3H3,(H,31,35)/t22-/m0/s1. The van der Waals surface area contributed by atoms with Gasteiger partial charge in [-0.05, 0) is 67.4 Å². The van der Waals surface area contributed by atoms with Crippen molar-refractivity contribution in [3.8, 4) is 5.75 Å². The van der Waals surface area contributed by atoms with Crippen LogP contribution in [0.15, 0.2) is 88.2 Å². The van der Waals surface area contributed by atoms with Crippen LogP contribution in [0.4, 0.5) is 5.69 Å². The first-order valence-corrected chi connectivity index (χ1v) is 14.9. The van der Waals surface area contributed by atoms with Crippen LogP contribution in [-0.2, 0) is 26.2 Å². The summed E-state index contributed by atoms with van der Waals surface area (Å²) in [5, 5.41) is 2.88. The molecular weight excluding hydrogens is 582 g/mol. The van der Waals surface area contributed by atoms with Crippen molar-refractivity contribution in [2.45, 2.75) is 44.2 Å². The summed E-state index contributed by atoms with van der Waals surface area (Å²) in [7, 11) is -2.63. The van der Waals surface area contributed by atoms with E-state index in [1.807, 2.05) is 31.2 Å². The predicted molar refractivity (Wildman–Crippen MR) is 156 cm³/mol. The highest BCUT2D eigenvalue weighted by Gasteiger charge is 2.32. The SMILES string of the molecule is CCCCNC(=O)[C@H](C)N(Cc1ccc(Br)cc1)C(=O)CN(c1ccccc1)S(=O)(=O)c1ccc(OC)cc1. The summed E-state index contributed by atoms with van der Waals surface area (Å²) in [6.45, 7) is 3.84. The van der Waals surface area contributed by atoms with E-state index >= 15 is 0 Å². The summed E-state index contributed by atoms with van der Waals surface area (Å²) in [6.07, 6.45) is 1.74. The second kappa shape index (κ2) is 14.1. The van der Waals surface area contributed by atoms with E-state index in [4.69, 9.17) is 4.74 Å². The summed E-state index contributed by atoms with van der Waals surface area (Å²) < 4.78 is 34.7. The fourth-order valence-corrected chi connectivity index (χ4v) is 5.58. The number of rotatable bonds is 13. The van der Waals surface area contributed by atoms with Crippen LogP contribution in [0.3, 0.4) is 0 Å². The summed E-state index contributed by atoms with van der Waals surface area (Å²) in [6, 6.07) is 21.1. The van der Waals surface area contributed by atoms with Crippen molar-refractivity contribution in [1.82, 2.24) is 10.2 Å². The molecule has 0 saturated heterocycles. The van der Waals surface area contributed by atoms with E-state index in [1.54, 1.807) is 49.4 Å². The minimum absolute atomic E-state index is 0.0183. The topological polar surface area (TPSA) is 96.0 Å². The number of unbranched alkanes of at least 4 members (excludes halogenated alkanes) is 1. The number of sulfonamides is 1. The van der Waals surface area contributed by atoms with E-state index in [0.29, 0.717) is 18.0 Å². The summed E-state index contributed by atoms with van der Waals surface area (Å²) in [4.78, 5) is 28.3. The molecule has 0 aliphatic rings. The molecule has 0 aromatic heterocycles. The molecule has 0 aliphatic carbocycles. The second-order valence-electron chi connectivity index (χ2n) is 8.99. The zero-order chi connectivity index (χ0) is 28.4. The Morgan fingerprint density at radius 2 is 1.62 bits per heavy atom.